The monoisotopic (exact) mass is 216 g/mol. The second-order valence-electron chi connectivity index (χ2n) is 5.21. The van der Waals surface area contributed by atoms with Crippen molar-refractivity contribution >= 4 is 5.97 Å². The molecule has 1 aromatic rings. The van der Waals surface area contributed by atoms with Gasteiger partial charge in [0.05, 0.1) is 6.42 Å². The first kappa shape index (κ1) is 9.88. The zero-order valence-corrected chi connectivity index (χ0v) is 9.28. The van der Waals surface area contributed by atoms with Crippen LogP contribution in [0.4, 0.5) is 0 Å². The Balaban J connectivity index is 2.00. The van der Waals surface area contributed by atoms with E-state index in [2.05, 4.69) is 18.2 Å². The first-order valence-electron chi connectivity index (χ1n) is 6.01. The van der Waals surface area contributed by atoms with Gasteiger partial charge in [-0.15, -0.1) is 0 Å². The van der Waals surface area contributed by atoms with Gasteiger partial charge in [0.25, 0.3) is 0 Å². The molecule has 3 rings (SSSR count). The summed E-state index contributed by atoms with van der Waals surface area (Å²) < 4.78 is 0. The molecule has 1 unspecified atom stereocenters. The Labute approximate surface area is 95.3 Å². The molecule has 1 N–H and O–H groups in total. The third-order valence-electron chi connectivity index (χ3n) is 4.33. The lowest BCUT2D eigenvalue weighted by molar-refractivity contribution is -0.138. The van der Waals surface area contributed by atoms with Crippen molar-refractivity contribution in [1.82, 2.24) is 0 Å². The molecule has 0 saturated heterocycles. The van der Waals surface area contributed by atoms with Crippen LogP contribution in [0.5, 0.6) is 0 Å². The Morgan fingerprint density at radius 1 is 1.31 bits per heavy atom. The largest absolute Gasteiger partial charge is 0.481 e. The van der Waals surface area contributed by atoms with Crippen LogP contribution >= 0.6 is 0 Å². The second-order valence-corrected chi connectivity index (χ2v) is 5.21. The molecule has 1 fully saturated rings. The minimum absolute atomic E-state index is 0.259. The zero-order valence-electron chi connectivity index (χ0n) is 9.28. The third kappa shape index (κ3) is 1.44. The maximum absolute atomic E-state index is 11.0. The summed E-state index contributed by atoms with van der Waals surface area (Å²) in [5.74, 6) is -0.400. The standard InChI is InChI=1S/C14H16O2/c15-13(16)9-12-11-4-2-1-3-10(11)5-6-14(12)7-8-14/h1-4,12H,5-9H2,(H,15,16). The molecule has 1 spiro atoms. The first-order valence-corrected chi connectivity index (χ1v) is 6.01. The maximum atomic E-state index is 11.0. The fraction of sp³-hybridized carbons (Fsp3) is 0.500. The molecule has 1 atom stereocenters. The number of aryl methyl sites for hydroxylation is 1. The number of rotatable bonds is 2. The van der Waals surface area contributed by atoms with E-state index in [-0.39, 0.29) is 5.92 Å². The molecule has 2 aliphatic rings. The summed E-state index contributed by atoms with van der Waals surface area (Å²) in [7, 11) is 0. The highest BCUT2D eigenvalue weighted by Gasteiger charge is 2.52. The first-order chi connectivity index (χ1) is 7.71. The van der Waals surface area contributed by atoms with Gasteiger partial charge >= 0.3 is 5.97 Å². The van der Waals surface area contributed by atoms with Gasteiger partial charge in [0, 0.05) is 5.92 Å². The number of fused-ring (bicyclic) bond motifs is 1. The molecule has 0 aliphatic heterocycles. The van der Waals surface area contributed by atoms with E-state index < -0.39 is 5.97 Å². The molecule has 0 heterocycles. The van der Waals surface area contributed by atoms with E-state index in [1.165, 1.54) is 30.4 Å². The predicted molar refractivity (Wildman–Crippen MR) is 61.4 cm³/mol. The van der Waals surface area contributed by atoms with Gasteiger partial charge in [-0.05, 0) is 42.2 Å². The molecule has 0 radical (unpaired) electrons. The van der Waals surface area contributed by atoms with Crippen LogP contribution in [0.15, 0.2) is 24.3 Å². The fourth-order valence-electron chi connectivity index (χ4n) is 3.25. The maximum Gasteiger partial charge on any atom is 0.303 e. The number of hydrogen-bond donors (Lipinski definition) is 1. The summed E-state index contributed by atoms with van der Waals surface area (Å²) in [6, 6.07) is 8.37. The molecular formula is C14H16O2. The van der Waals surface area contributed by atoms with Crippen LogP contribution in [-0.4, -0.2) is 11.1 Å². The van der Waals surface area contributed by atoms with Crippen molar-refractivity contribution in [2.75, 3.05) is 0 Å². The van der Waals surface area contributed by atoms with E-state index in [0.29, 0.717) is 11.8 Å². The van der Waals surface area contributed by atoms with Gasteiger partial charge < -0.3 is 5.11 Å². The Kier molecular flexibility index (Phi) is 2.06. The third-order valence-corrected chi connectivity index (χ3v) is 4.33. The topological polar surface area (TPSA) is 37.3 Å². The van der Waals surface area contributed by atoms with Gasteiger partial charge in [-0.2, -0.15) is 0 Å². The summed E-state index contributed by atoms with van der Waals surface area (Å²) >= 11 is 0. The SMILES string of the molecule is O=C(O)CC1c2ccccc2CCC12CC2. The van der Waals surface area contributed by atoms with Crippen LogP contribution in [0.3, 0.4) is 0 Å². The van der Waals surface area contributed by atoms with Crippen LogP contribution in [0.1, 0.15) is 42.7 Å². The molecule has 2 aliphatic carbocycles. The Bertz CT molecular complexity index is 432. The molecule has 1 saturated carbocycles. The molecule has 0 bridgehead atoms. The number of benzene rings is 1. The highest BCUT2D eigenvalue weighted by atomic mass is 16.4. The Hall–Kier alpha value is -1.31. The lowest BCUT2D eigenvalue weighted by Crippen LogP contribution is -2.24. The quantitative estimate of drug-likeness (QED) is 0.825. The van der Waals surface area contributed by atoms with Gasteiger partial charge in [0.15, 0.2) is 0 Å². The van der Waals surface area contributed by atoms with Gasteiger partial charge in [-0.3, -0.25) is 4.79 Å². The van der Waals surface area contributed by atoms with E-state index >= 15 is 0 Å². The zero-order chi connectivity index (χ0) is 11.2. The van der Waals surface area contributed by atoms with Crippen LogP contribution in [-0.2, 0) is 11.2 Å². The minimum atomic E-state index is -0.659. The number of hydrogen-bond acceptors (Lipinski definition) is 1. The van der Waals surface area contributed by atoms with Crippen molar-refractivity contribution in [3.63, 3.8) is 0 Å². The van der Waals surface area contributed by atoms with Gasteiger partial charge in [0.2, 0.25) is 0 Å². The molecular weight excluding hydrogens is 200 g/mol. The van der Waals surface area contributed by atoms with Crippen molar-refractivity contribution in [1.29, 1.82) is 0 Å². The van der Waals surface area contributed by atoms with E-state index in [1.807, 2.05) is 6.07 Å². The van der Waals surface area contributed by atoms with Crippen molar-refractivity contribution in [3.05, 3.63) is 35.4 Å². The lowest BCUT2D eigenvalue weighted by atomic mass is 9.71. The van der Waals surface area contributed by atoms with Gasteiger partial charge in [0.1, 0.15) is 0 Å². The van der Waals surface area contributed by atoms with Gasteiger partial charge in [-0.1, -0.05) is 24.3 Å². The van der Waals surface area contributed by atoms with E-state index in [9.17, 15) is 4.79 Å². The highest BCUT2D eigenvalue weighted by Crippen LogP contribution is 2.62. The summed E-state index contributed by atoms with van der Waals surface area (Å²) in [6.07, 6.45) is 5.06. The lowest BCUT2D eigenvalue weighted by Gasteiger charge is -2.33. The fourth-order valence-corrected chi connectivity index (χ4v) is 3.25. The molecule has 2 nitrogen and oxygen atoms in total. The van der Waals surface area contributed by atoms with E-state index in [0.717, 1.165) is 6.42 Å². The molecule has 0 amide bonds. The van der Waals surface area contributed by atoms with Crippen molar-refractivity contribution in [3.8, 4) is 0 Å². The molecule has 0 aromatic heterocycles. The normalized spacial score (nSPS) is 25.1. The van der Waals surface area contributed by atoms with Gasteiger partial charge in [-0.25, -0.2) is 0 Å². The second kappa shape index (κ2) is 3.34. The Morgan fingerprint density at radius 3 is 2.75 bits per heavy atom. The van der Waals surface area contributed by atoms with Crippen molar-refractivity contribution in [2.24, 2.45) is 5.41 Å². The molecule has 16 heavy (non-hydrogen) atoms. The van der Waals surface area contributed by atoms with Crippen LogP contribution in [0, 0.1) is 5.41 Å². The predicted octanol–water partition coefficient (Wildman–Crippen LogP) is 2.97. The minimum Gasteiger partial charge on any atom is -0.481 e. The summed E-state index contributed by atoms with van der Waals surface area (Å²) in [4.78, 5) is 11.0. The van der Waals surface area contributed by atoms with E-state index in [1.54, 1.807) is 0 Å². The molecule has 84 valence electrons. The van der Waals surface area contributed by atoms with Crippen molar-refractivity contribution < 1.29 is 9.90 Å². The summed E-state index contributed by atoms with van der Waals surface area (Å²) in [5.41, 5.74) is 3.01. The van der Waals surface area contributed by atoms with Crippen molar-refractivity contribution in [2.45, 2.75) is 38.0 Å². The summed E-state index contributed by atoms with van der Waals surface area (Å²) in [5, 5.41) is 9.05. The highest BCUT2D eigenvalue weighted by molar-refractivity contribution is 5.68. The number of aliphatic carboxylic acids is 1. The number of carboxylic acid groups (broad SMARTS) is 1. The number of carboxylic acids is 1. The average molecular weight is 216 g/mol. The van der Waals surface area contributed by atoms with Crippen LogP contribution in [0.2, 0.25) is 0 Å². The Morgan fingerprint density at radius 2 is 2.06 bits per heavy atom. The number of carbonyl (C=O) groups is 1. The van der Waals surface area contributed by atoms with Crippen LogP contribution in [0.25, 0.3) is 0 Å². The summed E-state index contributed by atoms with van der Waals surface area (Å²) in [6.45, 7) is 0. The van der Waals surface area contributed by atoms with Crippen LogP contribution < -0.4 is 0 Å². The molecule has 2 heteroatoms. The van der Waals surface area contributed by atoms with E-state index in [4.69, 9.17) is 5.11 Å². The average Bonchev–Trinajstić information content (AvgIpc) is 3.03. The molecule has 1 aromatic carbocycles. The smallest absolute Gasteiger partial charge is 0.303 e.